The van der Waals surface area contributed by atoms with Crippen molar-refractivity contribution in [1.82, 2.24) is 20.1 Å². The van der Waals surface area contributed by atoms with Gasteiger partial charge in [0.25, 0.3) is 0 Å². The molecule has 1 aromatic heterocycles. The lowest BCUT2D eigenvalue weighted by molar-refractivity contribution is -0.121. The van der Waals surface area contributed by atoms with Crippen molar-refractivity contribution in [1.29, 1.82) is 0 Å². The van der Waals surface area contributed by atoms with Gasteiger partial charge in [-0.25, -0.2) is 9.67 Å². The molecule has 0 aliphatic heterocycles. The van der Waals surface area contributed by atoms with Crippen molar-refractivity contribution in [3.8, 4) is 5.69 Å². The van der Waals surface area contributed by atoms with Crippen molar-refractivity contribution in [2.24, 2.45) is 0 Å². The topological polar surface area (TPSA) is 59.8 Å². The van der Waals surface area contributed by atoms with Crippen LogP contribution in [0.15, 0.2) is 36.9 Å². The smallest absolute Gasteiger partial charge is 0.220 e. The number of carbonyl (C=O) groups excluding carboxylic acids is 1. The molecule has 2 aromatic rings. The predicted molar refractivity (Wildman–Crippen MR) is 82.1 cm³/mol. The minimum absolute atomic E-state index is 0.0175. The van der Waals surface area contributed by atoms with E-state index in [-0.39, 0.29) is 11.9 Å². The fraction of sp³-hybridized carbons (Fsp3) is 0.438. The van der Waals surface area contributed by atoms with E-state index in [4.69, 9.17) is 0 Å². The highest BCUT2D eigenvalue weighted by atomic mass is 16.1. The normalized spacial score (nSPS) is 12.1. The number of unbranched alkanes of at least 4 members (excludes halogenated alkanes) is 2. The van der Waals surface area contributed by atoms with Gasteiger partial charge in [0.15, 0.2) is 0 Å². The van der Waals surface area contributed by atoms with E-state index in [9.17, 15) is 4.79 Å². The number of hydrogen-bond donors (Lipinski definition) is 1. The molecule has 5 heteroatoms. The fourth-order valence-corrected chi connectivity index (χ4v) is 2.19. The van der Waals surface area contributed by atoms with Gasteiger partial charge in [-0.15, -0.1) is 0 Å². The molecule has 0 spiro atoms. The molecule has 21 heavy (non-hydrogen) atoms. The number of rotatable bonds is 7. The summed E-state index contributed by atoms with van der Waals surface area (Å²) in [6, 6.07) is 7.99. The van der Waals surface area contributed by atoms with E-state index in [0.29, 0.717) is 6.42 Å². The Bertz CT molecular complexity index is 548. The van der Waals surface area contributed by atoms with Gasteiger partial charge in [-0.05, 0) is 31.0 Å². The molecule has 1 aromatic carbocycles. The van der Waals surface area contributed by atoms with Crippen LogP contribution in [0.25, 0.3) is 5.69 Å². The predicted octanol–water partition coefficient (Wildman–Crippen LogP) is 3.02. The molecule has 1 N–H and O–H groups in total. The first kappa shape index (κ1) is 15.2. The lowest BCUT2D eigenvalue weighted by atomic mass is 10.1. The average Bonchev–Trinajstić information content (AvgIpc) is 3.02. The van der Waals surface area contributed by atoms with Gasteiger partial charge in [0, 0.05) is 6.42 Å². The Kier molecular flexibility index (Phi) is 5.49. The van der Waals surface area contributed by atoms with Gasteiger partial charge in [0.05, 0.1) is 11.7 Å². The van der Waals surface area contributed by atoms with Crippen molar-refractivity contribution in [3.05, 3.63) is 42.5 Å². The van der Waals surface area contributed by atoms with Crippen LogP contribution < -0.4 is 5.32 Å². The average molecular weight is 286 g/mol. The highest BCUT2D eigenvalue weighted by molar-refractivity contribution is 5.76. The minimum Gasteiger partial charge on any atom is -0.350 e. The molecule has 1 atom stereocenters. The lowest BCUT2D eigenvalue weighted by Crippen LogP contribution is -2.26. The molecule has 0 fully saturated rings. The largest absolute Gasteiger partial charge is 0.350 e. The molecule has 0 saturated heterocycles. The Morgan fingerprint density at radius 2 is 2.05 bits per heavy atom. The summed E-state index contributed by atoms with van der Waals surface area (Å²) in [4.78, 5) is 15.7. The zero-order valence-corrected chi connectivity index (χ0v) is 12.6. The Morgan fingerprint density at radius 3 is 2.67 bits per heavy atom. The molecule has 0 aliphatic rings. The van der Waals surface area contributed by atoms with Crippen molar-refractivity contribution in [3.63, 3.8) is 0 Å². The molecule has 0 radical (unpaired) electrons. The highest BCUT2D eigenvalue weighted by Crippen LogP contribution is 2.15. The molecule has 1 heterocycles. The lowest BCUT2D eigenvalue weighted by Gasteiger charge is -2.15. The number of hydrogen-bond acceptors (Lipinski definition) is 3. The standard InChI is InChI=1S/C16H22N4O/c1-3-4-5-6-16(21)19-13(2)14-7-9-15(10-8-14)20-12-17-11-18-20/h7-13H,3-6H2,1-2H3,(H,19,21). The molecule has 0 bridgehead atoms. The van der Waals surface area contributed by atoms with Gasteiger partial charge < -0.3 is 5.32 Å². The molecule has 1 amide bonds. The number of nitrogens with one attached hydrogen (secondary N) is 1. The third-order valence-electron chi connectivity index (χ3n) is 3.46. The second kappa shape index (κ2) is 7.57. The van der Waals surface area contributed by atoms with Crippen LogP contribution in [-0.4, -0.2) is 20.7 Å². The van der Waals surface area contributed by atoms with Crippen LogP contribution in [0.4, 0.5) is 0 Å². The van der Waals surface area contributed by atoms with Gasteiger partial charge in [-0.3, -0.25) is 4.79 Å². The third-order valence-corrected chi connectivity index (χ3v) is 3.46. The molecule has 0 saturated carbocycles. The maximum atomic E-state index is 11.8. The van der Waals surface area contributed by atoms with E-state index in [1.165, 1.54) is 6.33 Å². The van der Waals surface area contributed by atoms with Gasteiger partial charge in [0.2, 0.25) is 5.91 Å². The van der Waals surface area contributed by atoms with Crippen LogP contribution in [0, 0.1) is 0 Å². The number of benzene rings is 1. The highest BCUT2D eigenvalue weighted by Gasteiger charge is 2.09. The van der Waals surface area contributed by atoms with Crippen LogP contribution in [0.5, 0.6) is 0 Å². The Morgan fingerprint density at radius 1 is 1.29 bits per heavy atom. The molecule has 5 nitrogen and oxygen atoms in total. The van der Waals surface area contributed by atoms with E-state index < -0.39 is 0 Å². The third kappa shape index (κ3) is 4.41. The Labute approximate surface area is 125 Å². The summed E-state index contributed by atoms with van der Waals surface area (Å²) in [5.41, 5.74) is 2.04. The first-order chi connectivity index (χ1) is 10.2. The number of carbonyl (C=O) groups is 1. The first-order valence-corrected chi connectivity index (χ1v) is 7.45. The maximum Gasteiger partial charge on any atom is 0.220 e. The second-order valence-electron chi connectivity index (χ2n) is 5.18. The maximum absolute atomic E-state index is 11.8. The summed E-state index contributed by atoms with van der Waals surface area (Å²) >= 11 is 0. The van der Waals surface area contributed by atoms with E-state index in [0.717, 1.165) is 30.5 Å². The van der Waals surface area contributed by atoms with Crippen LogP contribution in [0.3, 0.4) is 0 Å². The monoisotopic (exact) mass is 286 g/mol. The van der Waals surface area contributed by atoms with Crippen molar-refractivity contribution in [2.75, 3.05) is 0 Å². The molecular formula is C16H22N4O. The Balaban J connectivity index is 1.90. The zero-order chi connectivity index (χ0) is 15.1. The van der Waals surface area contributed by atoms with Crippen LogP contribution in [0.1, 0.15) is 51.1 Å². The summed E-state index contributed by atoms with van der Waals surface area (Å²) in [7, 11) is 0. The molecule has 2 rings (SSSR count). The SMILES string of the molecule is CCCCCC(=O)NC(C)c1ccc(-n2cncn2)cc1. The van der Waals surface area contributed by atoms with Crippen LogP contribution in [-0.2, 0) is 4.79 Å². The van der Waals surface area contributed by atoms with E-state index in [1.807, 2.05) is 31.2 Å². The number of aromatic nitrogens is 3. The first-order valence-electron chi connectivity index (χ1n) is 7.45. The van der Waals surface area contributed by atoms with Crippen LogP contribution >= 0.6 is 0 Å². The van der Waals surface area contributed by atoms with Gasteiger partial charge >= 0.3 is 0 Å². The van der Waals surface area contributed by atoms with E-state index >= 15 is 0 Å². The summed E-state index contributed by atoms with van der Waals surface area (Å²) in [6.07, 6.45) is 6.97. The van der Waals surface area contributed by atoms with E-state index in [1.54, 1.807) is 11.0 Å². The van der Waals surface area contributed by atoms with Gasteiger partial charge in [-0.1, -0.05) is 31.9 Å². The molecule has 1 unspecified atom stereocenters. The Hall–Kier alpha value is -2.17. The summed E-state index contributed by atoms with van der Waals surface area (Å²) in [5.74, 6) is 0.122. The van der Waals surface area contributed by atoms with Gasteiger partial charge in [-0.2, -0.15) is 5.10 Å². The minimum atomic E-state index is 0.0175. The number of nitrogens with zero attached hydrogens (tertiary/aromatic N) is 3. The van der Waals surface area contributed by atoms with E-state index in [2.05, 4.69) is 22.3 Å². The number of amides is 1. The van der Waals surface area contributed by atoms with Crippen molar-refractivity contribution >= 4 is 5.91 Å². The summed E-state index contributed by atoms with van der Waals surface area (Å²) in [5, 5.41) is 7.12. The fourth-order valence-electron chi connectivity index (χ4n) is 2.19. The quantitative estimate of drug-likeness (QED) is 0.796. The zero-order valence-electron chi connectivity index (χ0n) is 12.6. The molecule has 0 aliphatic carbocycles. The second-order valence-corrected chi connectivity index (χ2v) is 5.18. The van der Waals surface area contributed by atoms with Crippen molar-refractivity contribution in [2.45, 2.75) is 45.6 Å². The molecular weight excluding hydrogens is 264 g/mol. The summed E-state index contributed by atoms with van der Waals surface area (Å²) < 4.78 is 1.71. The summed E-state index contributed by atoms with van der Waals surface area (Å²) in [6.45, 7) is 4.14. The molecule has 112 valence electrons. The van der Waals surface area contributed by atoms with Crippen molar-refractivity contribution < 1.29 is 4.79 Å². The van der Waals surface area contributed by atoms with Crippen LogP contribution in [0.2, 0.25) is 0 Å². The van der Waals surface area contributed by atoms with Gasteiger partial charge in [0.1, 0.15) is 12.7 Å².